The van der Waals surface area contributed by atoms with E-state index in [1.54, 1.807) is 48.5 Å². The van der Waals surface area contributed by atoms with E-state index in [1.807, 2.05) is 6.07 Å². The Morgan fingerprint density at radius 2 is 1.74 bits per heavy atom. The lowest BCUT2D eigenvalue weighted by atomic mass is 10.1. The fraction of sp³-hybridized carbons (Fsp3) is 0.0667. The van der Waals surface area contributed by atoms with Crippen molar-refractivity contribution in [3.63, 3.8) is 0 Å². The number of carboxylic acids is 1. The Bertz CT molecular complexity index is 593. The molecular weight excluding hydrogens is 242 g/mol. The summed E-state index contributed by atoms with van der Waals surface area (Å²) in [5, 5.41) is 11.5. The van der Waals surface area contributed by atoms with Crippen molar-refractivity contribution in [1.29, 1.82) is 0 Å². The molecule has 4 nitrogen and oxygen atoms in total. The molecule has 2 rings (SSSR count). The molecular formula is C15H13NO3. The topological polar surface area (TPSA) is 66.4 Å². The Morgan fingerprint density at radius 3 is 2.42 bits per heavy atom. The highest BCUT2D eigenvalue weighted by molar-refractivity contribution is 6.04. The second-order valence-corrected chi connectivity index (χ2v) is 4.09. The van der Waals surface area contributed by atoms with Gasteiger partial charge < -0.3 is 10.4 Å². The van der Waals surface area contributed by atoms with E-state index in [-0.39, 0.29) is 12.3 Å². The van der Waals surface area contributed by atoms with Crippen LogP contribution in [0.5, 0.6) is 0 Å². The second kappa shape index (κ2) is 5.82. The van der Waals surface area contributed by atoms with Gasteiger partial charge in [-0.1, -0.05) is 30.3 Å². The van der Waals surface area contributed by atoms with Gasteiger partial charge in [0.25, 0.3) is 5.91 Å². The smallest absolute Gasteiger partial charge is 0.307 e. The van der Waals surface area contributed by atoms with Crippen molar-refractivity contribution < 1.29 is 14.7 Å². The molecule has 0 saturated carbocycles. The number of aliphatic carboxylic acids is 1. The SMILES string of the molecule is O=C(O)Cc1cccc(NC(=O)c2ccccc2)c1. The van der Waals surface area contributed by atoms with Gasteiger partial charge in [-0.05, 0) is 29.8 Å². The summed E-state index contributed by atoms with van der Waals surface area (Å²) in [6.45, 7) is 0. The molecule has 0 atom stereocenters. The zero-order valence-corrected chi connectivity index (χ0v) is 10.2. The molecule has 0 bridgehead atoms. The number of nitrogens with one attached hydrogen (secondary N) is 1. The van der Waals surface area contributed by atoms with Crippen molar-refractivity contribution >= 4 is 17.6 Å². The molecule has 0 aromatic heterocycles. The van der Waals surface area contributed by atoms with Crippen LogP contribution in [0.25, 0.3) is 0 Å². The first-order valence-electron chi connectivity index (χ1n) is 5.82. The van der Waals surface area contributed by atoms with Gasteiger partial charge in [0.05, 0.1) is 6.42 Å². The predicted molar refractivity (Wildman–Crippen MR) is 72.2 cm³/mol. The van der Waals surface area contributed by atoms with Crippen LogP contribution in [0.15, 0.2) is 54.6 Å². The number of amides is 1. The minimum atomic E-state index is -0.897. The van der Waals surface area contributed by atoms with Gasteiger partial charge in [0.1, 0.15) is 0 Å². The minimum Gasteiger partial charge on any atom is -0.481 e. The third kappa shape index (κ3) is 3.67. The molecule has 2 N–H and O–H groups in total. The van der Waals surface area contributed by atoms with Gasteiger partial charge >= 0.3 is 5.97 Å². The van der Waals surface area contributed by atoms with E-state index in [1.165, 1.54) is 0 Å². The Labute approximate surface area is 110 Å². The van der Waals surface area contributed by atoms with Gasteiger partial charge in [-0.3, -0.25) is 9.59 Å². The number of hydrogen-bond acceptors (Lipinski definition) is 2. The van der Waals surface area contributed by atoms with Gasteiger partial charge in [-0.15, -0.1) is 0 Å². The number of anilines is 1. The van der Waals surface area contributed by atoms with Crippen molar-refractivity contribution in [1.82, 2.24) is 0 Å². The first-order chi connectivity index (χ1) is 9.15. The molecule has 0 aliphatic heterocycles. The Kier molecular flexibility index (Phi) is 3.93. The lowest BCUT2D eigenvalue weighted by Gasteiger charge is -2.06. The first kappa shape index (κ1) is 12.8. The second-order valence-electron chi connectivity index (χ2n) is 4.09. The van der Waals surface area contributed by atoms with Crippen LogP contribution in [-0.2, 0) is 11.2 Å². The van der Waals surface area contributed by atoms with E-state index in [2.05, 4.69) is 5.32 Å². The van der Waals surface area contributed by atoms with Crippen molar-refractivity contribution in [2.24, 2.45) is 0 Å². The fourth-order valence-corrected chi connectivity index (χ4v) is 1.73. The summed E-state index contributed by atoms with van der Waals surface area (Å²) < 4.78 is 0. The Morgan fingerprint density at radius 1 is 1.00 bits per heavy atom. The summed E-state index contributed by atoms with van der Waals surface area (Å²) in [5.41, 5.74) is 1.80. The van der Waals surface area contributed by atoms with Crippen molar-refractivity contribution in [2.75, 3.05) is 5.32 Å². The van der Waals surface area contributed by atoms with Crippen LogP contribution in [-0.4, -0.2) is 17.0 Å². The highest BCUT2D eigenvalue weighted by Crippen LogP contribution is 2.13. The molecule has 2 aromatic rings. The standard InChI is InChI=1S/C15H13NO3/c17-14(18)10-11-5-4-8-13(9-11)16-15(19)12-6-2-1-3-7-12/h1-9H,10H2,(H,16,19)(H,17,18). The summed E-state index contributed by atoms with van der Waals surface area (Å²) in [4.78, 5) is 22.6. The molecule has 0 aliphatic rings. The molecule has 0 saturated heterocycles. The number of hydrogen-bond donors (Lipinski definition) is 2. The number of benzene rings is 2. The minimum absolute atomic E-state index is 0.0605. The summed E-state index contributed by atoms with van der Waals surface area (Å²) in [7, 11) is 0. The Hall–Kier alpha value is -2.62. The zero-order chi connectivity index (χ0) is 13.7. The molecule has 0 spiro atoms. The summed E-state index contributed by atoms with van der Waals surface area (Å²) in [6.07, 6.45) is -0.0605. The van der Waals surface area contributed by atoms with Crippen LogP contribution in [0.1, 0.15) is 15.9 Å². The maximum absolute atomic E-state index is 11.9. The van der Waals surface area contributed by atoms with E-state index in [0.29, 0.717) is 16.8 Å². The van der Waals surface area contributed by atoms with E-state index in [4.69, 9.17) is 5.11 Å². The molecule has 0 aliphatic carbocycles. The molecule has 0 heterocycles. The third-order valence-electron chi connectivity index (χ3n) is 2.58. The maximum atomic E-state index is 11.9. The molecule has 0 unspecified atom stereocenters. The number of carbonyl (C=O) groups excluding carboxylic acids is 1. The average Bonchev–Trinajstić information content (AvgIpc) is 2.39. The van der Waals surface area contributed by atoms with Gasteiger partial charge in [-0.2, -0.15) is 0 Å². The van der Waals surface area contributed by atoms with Gasteiger partial charge in [0.2, 0.25) is 0 Å². The summed E-state index contributed by atoms with van der Waals surface area (Å²) in [5.74, 6) is -1.11. The third-order valence-corrected chi connectivity index (χ3v) is 2.58. The number of carboxylic acid groups (broad SMARTS) is 1. The predicted octanol–water partition coefficient (Wildman–Crippen LogP) is 2.57. The number of carbonyl (C=O) groups is 2. The van der Waals surface area contributed by atoms with E-state index >= 15 is 0 Å². The molecule has 96 valence electrons. The van der Waals surface area contributed by atoms with Crippen LogP contribution in [0.4, 0.5) is 5.69 Å². The number of rotatable bonds is 4. The largest absolute Gasteiger partial charge is 0.481 e. The van der Waals surface area contributed by atoms with Gasteiger partial charge in [-0.25, -0.2) is 0 Å². The van der Waals surface area contributed by atoms with Crippen LogP contribution < -0.4 is 5.32 Å². The lowest BCUT2D eigenvalue weighted by molar-refractivity contribution is -0.136. The highest BCUT2D eigenvalue weighted by Gasteiger charge is 2.06. The van der Waals surface area contributed by atoms with Crippen molar-refractivity contribution in [3.8, 4) is 0 Å². The van der Waals surface area contributed by atoms with E-state index in [0.717, 1.165) is 0 Å². The van der Waals surface area contributed by atoms with Crippen LogP contribution in [0, 0.1) is 0 Å². The van der Waals surface area contributed by atoms with Crippen LogP contribution in [0.3, 0.4) is 0 Å². The summed E-state index contributed by atoms with van der Waals surface area (Å²) >= 11 is 0. The maximum Gasteiger partial charge on any atom is 0.307 e. The van der Waals surface area contributed by atoms with E-state index < -0.39 is 5.97 Å². The molecule has 4 heteroatoms. The van der Waals surface area contributed by atoms with Gasteiger partial charge in [0.15, 0.2) is 0 Å². The quantitative estimate of drug-likeness (QED) is 0.882. The first-order valence-corrected chi connectivity index (χ1v) is 5.82. The highest BCUT2D eigenvalue weighted by atomic mass is 16.4. The van der Waals surface area contributed by atoms with Crippen molar-refractivity contribution in [3.05, 3.63) is 65.7 Å². The average molecular weight is 255 g/mol. The molecule has 0 fully saturated rings. The monoisotopic (exact) mass is 255 g/mol. The van der Waals surface area contributed by atoms with Crippen LogP contribution >= 0.6 is 0 Å². The molecule has 19 heavy (non-hydrogen) atoms. The van der Waals surface area contributed by atoms with Crippen LogP contribution in [0.2, 0.25) is 0 Å². The van der Waals surface area contributed by atoms with E-state index in [9.17, 15) is 9.59 Å². The van der Waals surface area contributed by atoms with Crippen molar-refractivity contribution in [2.45, 2.75) is 6.42 Å². The fourth-order valence-electron chi connectivity index (χ4n) is 1.73. The molecule has 1 amide bonds. The van der Waals surface area contributed by atoms with Gasteiger partial charge in [0, 0.05) is 11.3 Å². The molecule has 0 radical (unpaired) electrons. The lowest BCUT2D eigenvalue weighted by Crippen LogP contribution is -2.12. The molecule has 2 aromatic carbocycles. The summed E-state index contributed by atoms with van der Waals surface area (Å²) in [6, 6.07) is 15.7. The normalized spacial score (nSPS) is 9.89. The zero-order valence-electron chi connectivity index (χ0n) is 10.2. The Balaban J connectivity index is 2.11.